The van der Waals surface area contributed by atoms with Crippen molar-refractivity contribution < 1.29 is 0 Å². The molecule has 0 aliphatic carbocycles. The first-order valence-electron chi connectivity index (χ1n) is 12.9. The summed E-state index contributed by atoms with van der Waals surface area (Å²) in [6.07, 6.45) is 14.0. The van der Waals surface area contributed by atoms with Gasteiger partial charge in [-0.05, 0) is 36.8 Å². The molecule has 3 fully saturated rings. The van der Waals surface area contributed by atoms with Crippen molar-refractivity contribution in [2.75, 3.05) is 24.5 Å². The van der Waals surface area contributed by atoms with Crippen LogP contribution in [0, 0.1) is 23.2 Å². The molecule has 2 atom stereocenters. The predicted molar refractivity (Wildman–Crippen MR) is 148 cm³/mol. The summed E-state index contributed by atoms with van der Waals surface area (Å²) in [5, 5.41) is 18.5. The molecule has 0 saturated carbocycles. The lowest BCUT2D eigenvalue weighted by Crippen LogP contribution is -2.68. The topological polar surface area (TPSA) is 91.2 Å². The van der Waals surface area contributed by atoms with Crippen LogP contribution in [0.5, 0.6) is 0 Å². The van der Waals surface area contributed by atoms with E-state index < -0.39 is 0 Å². The quantitative estimate of drug-likeness (QED) is 0.342. The number of nitrogens with zero attached hydrogens (tertiary/aromatic N) is 9. The summed E-state index contributed by atoms with van der Waals surface area (Å²) in [4.78, 5) is 13.8. The monoisotopic (exact) mass is 511 g/mol. The van der Waals surface area contributed by atoms with E-state index in [1.807, 2.05) is 44.0 Å². The number of piperidine rings is 1. The van der Waals surface area contributed by atoms with E-state index in [1.54, 1.807) is 27.8 Å². The fourth-order valence-electron chi connectivity index (χ4n) is 5.68. The number of anilines is 1. The molecule has 5 aromatic rings. The van der Waals surface area contributed by atoms with Crippen LogP contribution < -0.4 is 4.90 Å². The van der Waals surface area contributed by atoms with Gasteiger partial charge >= 0.3 is 0 Å². The molecule has 0 radical (unpaired) electrons. The second-order valence-electron chi connectivity index (χ2n) is 10.1. The highest BCUT2D eigenvalue weighted by Crippen LogP contribution is 2.35. The van der Waals surface area contributed by atoms with Gasteiger partial charge in [0.1, 0.15) is 11.9 Å². The first kappa shape index (κ1) is 23.2. The second-order valence-corrected chi connectivity index (χ2v) is 10.1. The minimum absolute atomic E-state index is 0.498. The Bertz CT molecular complexity index is 1750. The van der Waals surface area contributed by atoms with Gasteiger partial charge in [0.25, 0.3) is 0 Å². The van der Waals surface area contributed by atoms with Gasteiger partial charge in [-0.15, -0.1) is 0 Å². The maximum Gasteiger partial charge on any atom is 0.128 e. The zero-order chi connectivity index (χ0) is 26.3. The van der Waals surface area contributed by atoms with Gasteiger partial charge in [0.05, 0.1) is 30.0 Å². The maximum absolute atomic E-state index is 9.71. The number of pyridine rings is 3. The van der Waals surface area contributed by atoms with Crippen LogP contribution in [-0.4, -0.2) is 66.0 Å². The number of aromatic nitrogens is 6. The Hall–Kier alpha value is -4.99. The summed E-state index contributed by atoms with van der Waals surface area (Å²) in [6.45, 7) is 2.68. The number of nitriles is 1. The Labute approximate surface area is 226 Å². The van der Waals surface area contributed by atoms with Crippen LogP contribution in [0.15, 0.2) is 73.7 Å². The van der Waals surface area contributed by atoms with Gasteiger partial charge in [-0.2, -0.15) is 15.5 Å². The predicted octanol–water partition coefficient (Wildman–Crippen LogP) is 3.38. The normalized spacial score (nSPS) is 18.3. The molecule has 0 amide bonds. The number of rotatable bonds is 4. The van der Waals surface area contributed by atoms with Crippen molar-refractivity contribution in [3.63, 3.8) is 0 Å². The Kier molecular flexibility index (Phi) is 5.58. The van der Waals surface area contributed by atoms with E-state index in [4.69, 9.17) is 4.98 Å². The van der Waals surface area contributed by atoms with Crippen LogP contribution in [0.1, 0.15) is 17.5 Å². The molecule has 0 aromatic carbocycles. The number of hydrogen-bond donors (Lipinski definition) is 0. The van der Waals surface area contributed by atoms with Gasteiger partial charge in [-0.3, -0.25) is 14.6 Å². The molecular weight excluding hydrogens is 486 g/mol. The number of hydrogen-bond acceptors (Lipinski definition) is 7. The molecule has 8 heterocycles. The van der Waals surface area contributed by atoms with E-state index in [-0.39, 0.29) is 0 Å². The molecule has 8 rings (SSSR count). The average Bonchev–Trinajstić information content (AvgIpc) is 3.61. The maximum atomic E-state index is 9.71. The molecular formula is C30H25N9. The lowest BCUT2D eigenvalue weighted by Gasteiger charge is -2.56. The standard InChI is InChI=1S/C30H25N9/c1-36-17-25(16-34-36)23-11-28(30-24(13-31)15-35-39(30)18-23)22-4-5-29(33-14-22)37-19-26-12-27(20-37)38(26)10-2-3-21-6-8-32-9-7-21/h4-9,11,14-18,26-27H,10,12,19-20H2,1H3. The van der Waals surface area contributed by atoms with Crippen LogP contribution in [0.3, 0.4) is 0 Å². The molecule has 3 aliphatic rings. The summed E-state index contributed by atoms with van der Waals surface area (Å²) < 4.78 is 3.55. The van der Waals surface area contributed by atoms with Gasteiger partial charge in [0.15, 0.2) is 0 Å². The van der Waals surface area contributed by atoms with Crippen molar-refractivity contribution in [3.05, 3.63) is 84.8 Å². The summed E-state index contributed by atoms with van der Waals surface area (Å²) >= 11 is 0. The SMILES string of the molecule is Cn1cc(-c2cc(-c3ccc(N4CC5CC(C4)N5CC#Cc4ccncc4)nc3)c3c(C#N)cnn3c2)cn1. The van der Waals surface area contributed by atoms with Gasteiger partial charge in [0.2, 0.25) is 0 Å². The number of fused-ring (bicyclic) bond motifs is 3. The van der Waals surface area contributed by atoms with E-state index in [2.05, 4.69) is 61.1 Å². The zero-order valence-electron chi connectivity index (χ0n) is 21.4. The summed E-state index contributed by atoms with van der Waals surface area (Å²) in [5.74, 6) is 7.55. The first-order chi connectivity index (χ1) is 19.2. The Balaban J connectivity index is 1.11. The zero-order valence-corrected chi connectivity index (χ0v) is 21.4. The van der Waals surface area contributed by atoms with Crippen molar-refractivity contribution in [3.8, 4) is 40.2 Å². The number of piperazine rings is 1. The molecule has 9 heteroatoms. The highest BCUT2D eigenvalue weighted by Gasteiger charge is 2.44. The second kappa shape index (κ2) is 9.39. The van der Waals surface area contributed by atoms with Crippen molar-refractivity contribution in [1.29, 1.82) is 5.26 Å². The van der Waals surface area contributed by atoms with Crippen molar-refractivity contribution in [2.24, 2.45) is 7.05 Å². The molecule has 2 unspecified atom stereocenters. The third-order valence-corrected chi connectivity index (χ3v) is 7.67. The lowest BCUT2D eigenvalue weighted by molar-refractivity contribution is 0.0125. The van der Waals surface area contributed by atoms with Crippen molar-refractivity contribution in [1.82, 2.24) is 34.3 Å². The largest absolute Gasteiger partial charge is 0.353 e. The van der Waals surface area contributed by atoms with Crippen LogP contribution in [0.2, 0.25) is 0 Å². The van der Waals surface area contributed by atoms with E-state index in [9.17, 15) is 5.26 Å². The third kappa shape index (κ3) is 4.19. The van der Waals surface area contributed by atoms with Crippen molar-refractivity contribution >= 4 is 11.3 Å². The van der Waals surface area contributed by atoms with E-state index in [0.717, 1.165) is 58.8 Å². The highest BCUT2D eigenvalue weighted by atomic mass is 15.4. The Morgan fingerprint density at radius 2 is 1.79 bits per heavy atom. The molecule has 39 heavy (non-hydrogen) atoms. The van der Waals surface area contributed by atoms with E-state index in [0.29, 0.717) is 17.6 Å². The fraction of sp³-hybridized carbons (Fsp3) is 0.233. The van der Waals surface area contributed by atoms with Gasteiger partial charge < -0.3 is 4.90 Å². The highest BCUT2D eigenvalue weighted by molar-refractivity contribution is 5.87. The molecule has 0 N–H and O–H groups in total. The minimum atomic E-state index is 0.498. The smallest absolute Gasteiger partial charge is 0.128 e. The van der Waals surface area contributed by atoms with Gasteiger partial charge in [-0.1, -0.05) is 11.8 Å². The molecule has 3 aliphatic heterocycles. The summed E-state index contributed by atoms with van der Waals surface area (Å²) in [5.41, 5.74) is 6.15. The lowest BCUT2D eigenvalue weighted by atomic mass is 9.87. The first-order valence-corrected chi connectivity index (χ1v) is 12.9. The van der Waals surface area contributed by atoms with E-state index >= 15 is 0 Å². The molecule has 3 saturated heterocycles. The van der Waals surface area contributed by atoms with Gasteiger partial charge in [-0.25, -0.2) is 9.50 Å². The van der Waals surface area contributed by atoms with E-state index in [1.165, 1.54) is 6.42 Å². The average molecular weight is 512 g/mol. The summed E-state index contributed by atoms with van der Waals surface area (Å²) in [7, 11) is 1.90. The summed E-state index contributed by atoms with van der Waals surface area (Å²) in [6, 6.07) is 13.4. The van der Waals surface area contributed by atoms with Crippen molar-refractivity contribution in [2.45, 2.75) is 18.5 Å². The molecule has 0 spiro atoms. The third-order valence-electron chi connectivity index (χ3n) is 7.67. The Morgan fingerprint density at radius 1 is 0.949 bits per heavy atom. The van der Waals surface area contributed by atoms with Crippen LogP contribution in [-0.2, 0) is 7.05 Å². The minimum Gasteiger partial charge on any atom is -0.353 e. The molecule has 190 valence electrons. The molecule has 5 aromatic heterocycles. The van der Waals surface area contributed by atoms with Gasteiger partial charge in [0, 0.05) is 91.0 Å². The van der Waals surface area contributed by atoms with Crippen LogP contribution in [0.4, 0.5) is 5.82 Å². The fourth-order valence-corrected chi connectivity index (χ4v) is 5.68. The van der Waals surface area contributed by atoms with Crippen LogP contribution >= 0.6 is 0 Å². The molecule has 2 bridgehead atoms. The Morgan fingerprint density at radius 3 is 2.51 bits per heavy atom. The van der Waals surface area contributed by atoms with Crippen LogP contribution in [0.25, 0.3) is 27.8 Å². The number of aryl methyl sites for hydroxylation is 1. The molecule has 9 nitrogen and oxygen atoms in total.